The maximum atomic E-state index is 12.8. The molecule has 0 fully saturated rings. The van der Waals surface area contributed by atoms with Crippen molar-refractivity contribution in [3.63, 3.8) is 0 Å². The summed E-state index contributed by atoms with van der Waals surface area (Å²) in [4.78, 5) is 12.8. The van der Waals surface area contributed by atoms with Crippen LogP contribution in [0.2, 0.25) is 5.02 Å². The van der Waals surface area contributed by atoms with Crippen LogP contribution in [0.3, 0.4) is 0 Å². The summed E-state index contributed by atoms with van der Waals surface area (Å²) in [5, 5.41) is 0.602. The summed E-state index contributed by atoms with van der Waals surface area (Å²) in [6.45, 7) is 1.85. The molecule has 0 radical (unpaired) electrons. The minimum Gasteiger partial charge on any atom is -0.497 e. The summed E-state index contributed by atoms with van der Waals surface area (Å²) in [6.07, 6.45) is 0. The Morgan fingerprint density at radius 2 is 1.86 bits per heavy atom. The second-order valence-electron chi connectivity index (χ2n) is 4.47. The second-order valence-corrected chi connectivity index (χ2v) is 5.77. The number of hydrogen-bond acceptors (Lipinski definition) is 3. The van der Waals surface area contributed by atoms with E-state index in [0.717, 1.165) is 5.56 Å². The highest BCUT2D eigenvalue weighted by Crippen LogP contribution is 2.34. The van der Waals surface area contributed by atoms with Crippen molar-refractivity contribution in [3.8, 4) is 11.5 Å². The molecule has 0 amide bonds. The van der Waals surface area contributed by atoms with E-state index in [-0.39, 0.29) is 5.78 Å². The molecule has 0 heterocycles. The molecular weight excluding hydrogens is 356 g/mol. The van der Waals surface area contributed by atoms with Crippen molar-refractivity contribution in [2.24, 2.45) is 0 Å². The smallest absolute Gasteiger partial charge is 0.198 e. The Morgan fingerprint density at radius 3 is 2.43 bits per heavy atom. The van der Waals surface area contributed by atoms with Gasteiger partial charge in [-0.15, -0.1) is 0 Å². The van der Waals surface area contributed by atoms with Crippen LogP contribution in [0, 0.1) is 6.92 Å². The molecule has 5 heteroatoms. The zero-order valence-corrected chi connectivity index (χ0v) is 14.2. The van der Waals surface area contributed by atoms with Gasteiger partial charge in [0.15, 0.2) is 5.78 Å². The second kappa shape index (κ2) is 6.50. The number of rotatable bonds is 4. The first kappa shape index (κ1) is 15.9. The third-order valence-electron chi connectivity index (χ3n) is 3.14. The highest BCUT2D eigenvalue weighted by molar-refractivity contribution is 9.10. The van der Waals surface area contributed by atoms with Crippen molar-refractivity contribution in [2.75, 3.05) is 14.2 Å². The number of methoxy groups -OCH3 is 2. The molecule has 0 aliphatic carbocycles. The minimum atomic E-state index is -0.129. The average Bonchev–Trinajstić information content (AvgIpc) is 2.45. The molecule has 0 aromatic heterocycles. The van der Waals surface area contributed by atoms with Gasteiger partial charge in [0.1, 0.15) is 11.5 Å². The van der Waals surface area contributed by atoms with Crippen LogP contribution in [0.25, 0.3) is 0 Å². The van der Waals surface area contributed by atoms with E-state index < -0.39 is 0 Å². The number of halogens is 2. The molecule has 3 nitrogen and oxygen atoms in total. The molecule has 2 aromatic carbocycles. The fourth-order valence-corrected chi connectivity index (χ4v) is 2.90. The predicted molar refractivity (Wildman–Crippen MR) is 86.9 cm³/mol. The van der Waals surface area contributed by atoms with Crippen molar-refractivity contribution < 1.29 is 14.3 Å². The lowest BCUT2D eigenvalue weighted by Gasteiger charge is -2.13. The topological polar surface area (TPSA) is 35.5 Å². The molecule has 0 N–H and O–H groups in total. The first-order valence-corrected chi connectivity index (χ1v) is 7.37. The van der Waals surface area contributed by atoms with E-state index in [1.807, 2.05) is 6.92 Å². The molecular formula is C16H14BrClO3. The van der Waals surface area contributed by atoms with Gasteiger partial charge in [-0.3, -0.25) is 4.79 Å². The maximum Gasteiger partial charge on any atom is 0.198 e. The quantitative estimate of drug-likeness (QED) is 0.735. The zero-order chi connectivity index (χ0) is 15.6. The molecule has 0 saturated carbocycles. The Bertz CT molecular complexity index is 698. The molecule has 0 aliphatic heterocycles. The zero-order valence-electron chi connectivity index (χ0n) is 11.9. The molecule has 110 valence electrons. The van der Waals surface area contributed by atoms with Gasteiger partial charge in [-0.1, -0.05) is 11.6 Å². The normalized spacial score (nSPS) is 10.3. The summed E-state index contributed by atoms with van der Waals surface area (Å²) >= 11 is 9.34. The number of ether oxygens (including phenoxy) is 2. The fourth-order valence-electron chi connectivity index (χ4n) is 2.07. The third-order valence-corrected chi connectivity index (χ3v) is 4.00. The van der Waals surface area contributed by atoms with E-state index in [4.69, 9.17) is 21.1 Å². The summed E-state index contributed by atoms with van der Waals surface area (Å²) < 4.78 is 11.1. The highest BCUT2D eigenvalue weighted by Gasteiger charge is 2.21. The fraction of sp³-hybridized carbons (Fsp3) is 0.188. The number of hydrogen-bond donors (Lipinski definition) is 0. The first-order chi connectivity index (χ1) is 9.97. The maximum absolute atomic E-state index is 12.8. The molecule has 0 aliphatic rings. The van der Waals surface area contributed by atoms with Crippen molar-refractivity contribution in [1.82, 2.24) is 0 Å². The van der Waals surface area contributed by atoms with Crippen LogP contribution >= 0.6 is 27.5 Å². The highest BCUT2D eigenvalue weighted by atomic mass is 79.9. The van der Waals surface area contributed by atoms with Gasteiger partial charge in [0.25, 0.3) is 0 Å². The lowest BCUT2D eigenvalue weighted by Crippen LogP contribution is -2.07. The molecule has 2 rings (SSSR count). The first-order valence-electron chi connectivity index (χ1n) is 6.20. The average molecular weight is 370 g/mol. The summed E-state index contributed by atoms with van der Waals surface area (Å²) in [6, 6.07) is 8.60. The number of benzene rings is 2. The van der Waals surface area contributed by atoms with E-state index in [0.29, 0.717) is 32.1 Å². The van der Waals surface area contributed by atoms with Gasteiger partial charge in [-0.2, -0.15) is 0 Å². The van der Waals surface area contributed by atoms with Gasteiger partial charge < -0.3 is 9.47 Å². The summed E-state index contributed by atoms with van der Waals surface area (Å²) in [5.74, 6) is 0.944. The predicted octanol–water partition coefficient (Wildman–Crippen LogP) is 4.66. The lowest BCUT2D eigenvalue weighted by molar-refractivity contribution is 0.103. The Balaban J connectivity index is 2.57. The van der Waals surface area contributed by atoms with E-state index in [1.54, 1.807) is 37.4 Å². The van der Waals surface area contributed by atoms with Gasteiger partial charge in [0.2, 0.25) is 0 Å². The molecule has 0 unspecified atom stereocenters. The van der Waals surface area contributed by atoms with Crippen molar-refractivity contribution in [2.45, 2.75) is 6.92 Å². The molecule has 0 atom stereocenters. The Labute approximate surface area is 137 Å². The number of ketones is 1. The van der Waals surface area contributed by atoms with Gasteiger partial charge in [-0.05, 0) is 52.7 Å². The molecule has 2 aromatic rings. The van der Waals surface area contributed by atoms with Crippen LogP contribution in [0.1, 0.15) is 21.5 Å². The molecule has 0 saturated heterocycles. The van der Waals surface area contributed by atoms with Crippen LogP contribution < -0.4 is 9.47 Å². The number of aryl methyl sites for hydroxylation is 1. The number of carbonyl (C=O) groups excluding carboxylic acids is 1. The summed E-state index contributed by atoms with van der Waals surface area (Å²) in [7, 11) is 3.08. The standard InChI is InChI=1S/C16H14BrClO3/c1-9-6-10(18)4-5-12(9)16(19)15-13(17)7-11(20-2)8-14(15)21-3/h4-8H,1-3H3. The van der Waals surface area contributed by atoms with Gasteiger partial charge in [0.05, 0.1) is 19.8 Å². The van der Waals surface area contributed by atoms with Crippen LogP contribution in [0.4, 0.5) is 0 Å². The van der Waals surface area contributed by atoms with Crippen LogP contribution in [-0.2, 0) is 0 Å². The van der Waals surface area contributed by atoms with Gasteiger partial charge >= 0.3 is 0 Å². The number of carbonyl (C=O) groups is 1. The van der Waals surface area contributed by atoms with E-state index in [2.05, 4.69) is 15.9 Å². The third kappa shape index (κ3) is 3.22. The van der Waals surface area contributed by atoms with E-state index in [1.165, 1.54) is 7.11 Å². The van der Waals surface area contributed by atoms with Crippen molar-refractivity contribution in [3.05, 3.63) is 56.5 Å². The Morgan fingerprint density at radius 1 is 1.14 bits per heavy atom. The van der Waals surface area contributed by atoms with Crippen LogP contribution in [0.5, 0.6) is 11.5 Å². The molecule has 0 bridgehead atoms. The van der Waals surface area contributed by atoms with E-state index in [9.17, 15) is 4.79 Å². The minimum absolute atomic E-state index is 0.129. The Kier molecular flexibility index (Phi) is 4.91. The summed E-state index contributed by atoms with van der Waals surface area (Å²) in [5.41, 5.74) is 1.87. The largest absolute Gasteiger partial charge is 0.497 e. The van der Waals surface area contributed by atoms with Crippen molar-refractivity contribution in [1.29, 1.82) is 0 Å². The monoisotopic (exact) mass is 368 g/mol. The Hall–Kier alpha value is -1.52. The van der Waals surface area contributed by atoms with Gasteiger partial charge in [-0.25, -0.2) is 0 Å². The van der Waals surface area contributed by atoms with Gasteiger partial charge in [0, 0.05) is 21.1 Å². The van der Waals surface area contributed by atoms with E-state index >= 15 is 0 Å². The lowest BCUT2D eigenvalue weighted by atomic mass is 9.98. The van der Waals surface area contributed by atoms with Crippen LogP contribution in [-0.4, -0.2) is 20.0 Å². The SMILES string of the molecule is COc1cc(Br)c(C(=O)c2ccc(Cl)cc2C)c(OC)c1. The molecule has 0 spiro atoms. The molecule has 21 heavy (non-hydrogen) atoms. The van der Waals surface area contributed by atoms with Crippen LogP contribution in [0.15, 0.2) is 34.8 Å². The van der Waals surface area contributed by atoms with Crippen molar-refractivity contribution >= 4 is 33.3 Å².